The van der Waals surface area contributed by atoms with Gasteiger partial charge in [-0.1, -0.05) is 0 Å². The number of aryl methyl sites for hydroxylation is 1. The van der Waals surface area contributed by atoms with Crippen LogP contribution in [0.25, 0.3) is 0 Å². The molecule has 1 aromatic heterocycles. The van der Waals surface area contributed by atoms with Crippen molar-refractivity contribution in [1.29, 1.82) is 0 Å². The molecule has 0 spiro atoms. The molecule has 1 amide bonds. The quantitative estimate of drug-likeness (QED) is 0.631. The van der Waals surface area contributed by atoms with Crippen LogP contribution in [-0.4, -0.2) is 21.9 Å². The fourth-order valence-electron chi connectivity index (χ4n) is 2.18. The Morgan fingerprint density at radius 2 is 2.38 bits per heavy atom. The largest absolute Gasteiger partial charge is 0.364 e. The molecule has 0 radical (unpaired) electrons. The van der Waals surface area contributed by atoms with Crippen LogP contribution in [0.15, 0.2) is 0 Å². The molecule has 16 heavy (non-hydrogen) atoms. The zero-order valence-electron chi connectivity index (χ0n) is 9.09. The molecule has 0 fully saturated rings. The van der Waals surface area contributed by atoms with Gasteiger partial charge in [-0.15, -0.1) is 0 Å². The lowest BCUT2D eigenvalue weighted by atomic mass is 9.81. The Balaban J connectivity index is 2.31. The molecule has 0 saturated heterocycles. The number of aromatic amines is 1. The first-order valence-corrected chi connectivity index (χ1v) is 5.23. The minimum absolute atomic E-state index is 0.212. The summed E-state index contributed by atoms with van der Waals surface area (Å²) in [6.07, 6.45) is 1.71. The first kappa shape index (κ1) is 11.1. The smallest absolute Gasteiger partial charge is 0.269 e. The zero-order valence-corrected chi connectivity index (χ0v) is 9.09. The number of alkyl halides is 1. The Morgan fingerprint density at radius 1 is 1.69 bits per heavy atom. The highest BCUT2D eigenvalue weighted by molar-refractivity contribution is 5.92. The molecule has 0 aromatic carbocycles. The summed E-state index contributed by atoms with van der Waals surface area (Å²) in [6.45, 7) is 1.35. The Bertz CT molecular complexity index is 421. The molecule has 0 bridgehead atoms. The predicted octanol–water partition coefficient (Wildman–Crippen LogP) is 0.258. The normalized spacial score (nSPS) is 23.6. The molecule has 2 atom stereocenters. The molecule has 88 valence electrons. The lowest BCUT2D eigenvalue weighted by Crippen LogP contribution is -2.42. The van der Waals surface area contributed by atoms with Crippen LogP contribution in [0, 0.1) is 5.92 Å². The number of carbonyl (C=O) groups is 1. The number of nitrogens with one attached hydrogen (secondary N) is 1. The summed E-state index contributed by atoms with van der Waals surface area (Å²) in [5.74, 6) is -2.62. The Kier molecular flexibility index (Phi) is 2.46. The molecule has 0 aliphatic heterocycles. The minimum Gasteiger partial charge on any atom is -0.364 e. The van der Waals surface area contributed by atoms with Crippen molar-refractivity contribution in [3.63, 3.8) is 0 Å². The van der Waals surface area contributed by atoms with Crippen LogP contribution in [0.4, 0.5) is 4.39 Å². The number of hydrogen-bond acceptors (Lipinski definition) is 3. The van der Waals surface area contributed by atoms with Crippen molar-refractivity contribution in [2.45, 2.75) is 32.0 Å². The Labute approximate surface area is 92.4 Å². The monoisotopic (exact) mass is 226 g/mol. The standard InChI is InChI=1S/C10H15FN4O/c1-10(11,13)5-2-3-7-6(4-5)8(9(12)16)15-14-7/h5H,2-4,13H2,1H3,(H2,12,16)(H,14,15). The number of halogens is 1. The number of primary amides is 1. The summed E-state index contributed by atoms with van der Waals surface area (Å²) in [6, 6.07) is 0. The van der Waals surface area contributed by atoms with Crippen LogP contribution >= 0.6 is 0 Å². The average Bonchev–Trinajstić information content (AvgIpc) is 2.58. The van der Waals surface area contributed by atoms with Crippen LogP contribution < -0.4 is 11.5 Å². The number of carbonyl (C=O) groups excluding carboxylic acids is 1. The van der Waals surface area contributed by atoms with E-state index in [1.54, 1.807) is 0 Å². The number of hydrogen-bond donors (Lipinski definition) is 3. The first-order chi connectivity index (χ1) is 7.39. The Hall–Kier alpha value is -1.43. The fourth-order valence-corrected chi connectivity index (χ4v) is 2.18. The van der Waals surface area contributed by atoms with Crippen molar-refractivity contribution >= 4 is 5.91 Å². The van der Waals surface area contributed by atoms with Crippen molar-refractivity contribution in [2.24, 2.45) is 17.4 Å². The number of amides is 1. The van der Waals surface area contributed by atoms with E-state index in [0.29, 0.717) is 19.3 Å². The molecule has 6 heteroatoms. The highest BCUT2D eigenvalue weighted by Crippen LogP contribution is 2.32. The van der Waals surface area contributed by atoms with E-state index in [4.69, 9.17) is 11.5 Å². The van der Waals surface area contributed by atoms with Crippen LogP contribution in [0.3, 0.4) is 0 Å². The predicted molar refractivity (Wildman–Crippen MR) is 56.3 cm³/mol. The van der Waals surface area contributed by atoms with E-state index in [1.807, 2.05) is 0 Å². The number of fused-ring (bicyclic) bond motifs is 1. The molecule has 1 aliphatic carbocycles. The van der Waals surface area contributed by atoms with Gasteiger partial charge in [-0.05, 0) is 26.2 Å². The Morgan fingerprint density at radius 3 is 2.94 bits per heavy atom. The van der Waals surface area contributed by atoms with E-state index in [-0.39, 0.29) is 11.6 Å². The summed E-state index contributed by atoms with van der Waals surface area (Å²) in [5, 5.41) is 6.62. The third-order valence-corrected chi connectivity index (χ3v) is 3.18. The van der Waals surface area contributed by atoms with E-state index >= 15 is 0 Å². The molecule has 1 aliphatic rings. The molecule has 5 nitrogen and oxygen atoms in total. The molecule has 1 aromatic rings. The van der Waals surface area contributed by atoms with Crippen LogP contribution in [0.1, 0.15) is 35.1 Å². The topological polar surface area (TPSA) is 97.8 Å². The lowest BCUT2D eigenvalue weighted by Gasteiger charge is -2.30. The van der Waals surface area contributed by atoms with Gasteiger partial charge in [0.15, 0.2) is 11.5 Å². The third-order valence-electron chi connectivity index (χ3n) is 3.18. The van der Waals surface area contributed by atoms with Crippen molar-refractivity contribution in [3.05, 3.63) is 17.0 Å². The van der Waals surface area contributed by atoms with Crippen LogP contribution in [0.5, 0.6) is 0 Å². The third kappa shape index (κ3) is 1.80. The summed E-state index contributed by atoms with van der Waals surface area (Å²) < 4.78 is 13.6. The van der Waals surface area contributed by atoms with Gasteiger partial charge in [-0.3, -0.25) is 15.6 Å². The summed E-state index contributed by atoms with van der Waals surface area (Å²) in [5.41, 5.74) is 12.4. The number of rotatable bonds is 2. The van der Waals surface area contributed by atoms with Gasteiger partial charge in [0.1, 0.15) is 0 Å². The maximum absolute atomic E-state index is 13.6. The van der Waals surface area contributed by atoms with E-state index in [2.05, 4.69) is 10.2 Å². The maximum atomic E-state index is 13.6. The van der Waals surface area contributed by atoms with Gasteiger partial charge in [0.2, 0.25) is 0 Å². The second-order valence-electron chi connectivity index (χ2n) is 4.48. The summed E-state index contributed by atoms with van der Waals surface area (Å²) in [4.78, 5) is 11.1. The second kappa shape index (κ2) is 3.55. The van der Waals surface area contributed by atoms with E-state index in [9.17, 15) is 9.18 Å². The number of nitrogens with two attached hydrogens (primary N) is 2. The molecule has 2 unspecified atom stereocenters. The number of aromatic nitrogens is 2. The highest BCUT2D eigenvalue weighted by atomic mass is 19.1. The SMILES string of the molecule is CC(N)(F)C1CCc2[nH]nc(C(N)=O)c2C1. The summed E-state index contributed by atoms with van der Waals surface area (Å²) >= 11 is 0. The zero-order chi connectivity index (χ0) is 11.9. The molecule has 0 saturated carbocycles. The van der Waals surface area contributed by atoms with Crippen LogP contribution in [-0.2, 0) is 12.8 Å². The molecule has 5 N–H and O–H groups in total. The number of nitrogens with zero attached hydrogens (tertiary/aromatic N) is 1. The highest BCUT2D eigenvalue weighted by Gasteiger charge is 2.35. The first-order valence-electron chi connectivity index (χ1n) is 5.23. The van der Waals surface area contributed by atoms with Gasteiger partial charge in [-0.25, -0.2) is 4.39 Å². The van der Waals surface area contributed by atoms with Gasteiger partial charge in [0.25, 0.3) is 5.91 Å². The van der Waals surface area contributed by atoms with Crippen molar-refractivity contribution < 1.29 is 9.18 Å². The average molecular weight is 226 g/mol. The van der Waals surface area contributed by atoms with Crippen LogP contribution in [0.2, 0.25) is 0 Å². The van der Waals surface area contributed by atoms with Crippen molar-refractivity contribution in [2.75, 3.05) is 0 Å². The van der Waals surface area contributed by atoms with Crippen molar-refractivity contribution in [3.8, 4) is 0 Å². The summed E-state index contributed by atoms with van der Waals surface area (Å²) in [7, 11) is 0. The van der Waals surface area contributed by atoms with Gasteiger partial charge >= 0.3 is 0 Å². The van der Waals surface area contributed by atoms with Crippen molar-refractivity contribution in [1.82, 2.24) is 10.2 Å². The van der Waals surface area contributed by atoms with E-state index in [1.165, 1.54) is 6.92 Å². The lowest BCUT2D eigenvalue weighted by molar-refractivity contribution is 0.0954. The second-order valence-corrected chi connectivity index (χ2v) is 4.48. The molecule has 2 rings (SSSR count). The van der Waals surface area contributed by atoms with E-state index in [0.717, 1.165) is 11.3 Å². The van der Waals surface area contributed by atoms with Gasteiger partial charge in [0.05, 0.1) is 0 Å². The fraction of sp³-hybridized carbons (Fsp3) is 0.600. The molecule has 1 heterocycles. The van der Waals surface area contributed by atoms with E-state index < -0.39 is 11.7 Å². The molecular formula is C10H15FN4O. The molecular weight excluding hydrogens is 211 g/mol. The van der Waals surface area contributed by atoms with Gasteiger partial charge < -0.3 is 5.73 Å². The number of H-pyrrole nitrogens is 1. The van der Waals surface area contributed by atoms with Gasteiger partial charge in [0, 0.05) is 17.2 Å². The van der Waals surface area contributed by atoms with Gasteiger partial charge in [-0.2, -0.15) is 5.10 Å². The minimum atomic E-state index is -1.73. The maximum Gasteiger partial charge on any atom is 0.269 e.